The number of fused-ring (bicyclic) bond motifs is 1. The number of carbonyl (C=O) groups excluding carboxylic acids is 1. The minimum atomic E-state index is -0.912. The third-order valence-corrected chi connectivity index (χ3v) is 9.31. The molecule has 0 bridgehead atoms. The predicted octanol–water partition coefficient (Wildman–Crippen LogP) is 6.37. The van der Waals surface area contributed by atoms with Gasteiger partial charge in [0.1, 0.15) is 6.61 Å². The summed E-state index contributed by atoms with van der Waals surface area (Å²) < 4.78 is 35.5. The van der Waals surface area contributed by atoms with Gasteiger partial charge < -0.3 is 28.4 Å². The van der Waals surface area contributed by atoms with Crippen molar-refractivity contribution in [3.05, 3.63) is 105 Å². The zero-order valence-corrected chi connectivity index (χ0v) is 29.9. The van der Waals surface area contributed by atoms with Gasteiger partial charge in [0.2, 0.25) is 5.75 Å². The number of methoxy groups -OCH3 is 4. The molecule has 14 heteroatoms. The molecule has 1 atom stereocenters. The average Bonchev–Trinajstić information content (AvgIpc) is 3.36. The first kappa shape index (κ1) is 35.2. The lowest BCUT2D eigenvalue weighted by Crippen LogP contribution is -2.40. The molecule has 1 aliphatic rings. The topological polar surface area (TPSA) is 107 Å². The third-order valence-electron chi connectivity index (χ3n) is 7.46. The smallest absolute Gasteiger partial charge is 0.338 e. The molecule has 0 fully saturated rings. The summed E-state index contributed by atoms with van der Waals surface area (Å²) in [5.41, 5.74) is 2.04. The van der Waals surface area contributed by atoms with E-state index in [2.05, 4.69) is 4.99 Å². The van der Waals surface area contributed by atoms with Crippen LogP contribution in [0.4, 0.5) is 0 Å². The van der Waals surface area contributed by atoms with Crippen LogP contribution in [0.5, 0.6) is 28.7 Å². The average molecular weight is 734 g/mol. The van der Waals surface area contributed by atoms with Crippen LogP contribution in [0.3, 0.4) is 0 Å². The highest BCUT2D eigenvalue weighted by Crippen LogP contribution is 2.43. The zero-order valence-electron chi connectivity index (χ0n) is 26.8. The summed E-state index contributed by atoms with van der Waals surface area (Å²) in [4.78, 5) is 32.6. The standard InChI is InChI=1S/C34H31Cl3N2O8S/c1-7-46-33(41)28-17(2)38-34-39(29(28)20-13-25(43-4)31(45-6)26(14-20)44-5)32(40)27(48-34)12-18-10-23(37)30(24(11-18)42-3)47-16-19-8-9-21(35)15-22(19)36/h8-15,29H,7,16H2,1-6H3/b27-12-/t29-/m1/s1. The Morgan fingerprint density at radius 1 is 0.917 bits per heavy atom. The molecule has 1 aliphatic heterocycles. The van der Waals surface area contributed by atoms with Gasteiger partial charge in [0.15, 0.2) is 27.8 Å². The van der Waals surface area contributed by atoms with E-state index in [1.54, 1.807) is 62.4 Å². The van der Waals surface area contributed by atoms with Gasteiger partial charge in [-0.15, -0.1) is 0 Å². The Morgan fingerprint density at radius 3 is 2.19 bits per heavy atom. The van der Waals surface area contributed by atoms with E-state index in [-0.39, 0.29) is 29.4 Å². The first-order chi connectivity index (χ1) is 23.0. The molecule has 2 heterocycles. The molecule has 10 nitrogen and oxygen atoms in total. The van der Waals surface area contributed by atoms with Gasteiger partial charge in [0.25, 0.3) is 5.56 Å². The van der Waals surface area contributed by atoms with Crippen LogP contribution in [0.2, 0.25) is 15.1 Å². The van der Waals surface area contributed by atoms with Crippen molar-refractivity contribution >= 4 is 58.2 Å². The van der Waals surface area contributed by atoms with Crippen LogP contribution >= 0.6 is 46.1 Å². The van der Waals surface area contributed by atoms with Gasteiger partial charge in [-0.1, -0.05) is 52.2 Å². The molecule has 0 saturated heterocycles. The second-order valence-electron chi connectivity index (χ2n) is 10.3. The molecule has 0 aliphatic carbocycles. The van der Waals surface area contributed by atoms with Crippen molar-refractivity contribution in [2.24, 2.45) is 4.99 Å². The van der Waals surface area contributed by atoms with E-state index in [1.807, 2.05) is 0 Å². The number of hydrogen-bond acceptors (Lipinski definition) is 10. The molecule has 252 valence electrons. The van der Waals surface area contributed by atoms with Crippen LogP contribution in [-0.4, -0.2) is 45.6 Å². The molecular formula is C34H31Cl3N2O8S. The Bertz CT molecular complexity index is 2080. The van der Waals surface area contributed by atoms with Crippen LogP contribution in [0, 0.1) is 0 Å². The summed E-state index contributed by atoms with van der Waals surface area (Å²) in [6.07, 6.45) is 1.67. The number of halogens is 3. The second-order valence-corrected chi connectivity index (χ2v) is 12.6. The van der Waals surface area contributed by atoms with Crippen molar-refractivity contribution in [1.29, 1.82) is 0 Å². The highest BCUT2D eigenvalue weighted by molar-refractivity contribution is 7.07. The van der Waals surface area contributed by atoms with Crippen LogP contribution in [0.25, 0.3) is 6.08 Å². The molecular weight excluding hydrogens is 703 g/mol. The number of carbonyl (C=O) groups is 1. The molecule has 0 spiro atoms. The Hall–Kier alpha value is -4.16. The van der Waals surface area contributed by atoms with E-state index < -0.39 is 12.0 Å². The van der Waals surface area contributed by atoms with Gasteiger partial charge in [0, 0.05) is 15.6 Å². The minimum Gasteiger partial charge on any atom is -0.493 e. The van der Waals surface area contributed by atoms with Crippen molar-refractivity contribution in [3.8, 4) is 28.7 Å². The molecule has 0 amide bonds. The van der Waals surface area contributed by atoms with E-state index in [0.29, 0.717) is 70.5 Å². The zero-order chi connectivity index (χ0) is 34.7. The maximum atomic E-state index is 14.2. The summed E-state index contributed by atoms with van der Waals surface area (Å²) in [7, 11) is 5.96. The van der Waals surface area contributed by atoms with Gasteiger partial charge in [-0.2, -0.15) is 0 Å². The van der Waals surface area contributed by atoms with Gasteiger partial charge in [-0.05, 0) is 67.4 Å². The molecule has 0 N–H and O–H groups in total. The molecule has 0 radical (unpaired) electrons. The van der Waals surface area contributed by atoms with Crippen LogP contribution in [0.15, 0.2) is 63.5 Å². The van der Waals surface area contributed by atoms with E-state index in [0.717, 1.165) is 11.3 Å². The number of ether oxygens (including phenoxy) is 6. The Labute approximate surface area is 295 Å². The van der Waals surface area contributed by atoms with Crippen LogP contribution < -0.4 is 38.6 Å². The molecule has 4 aromatic rings. The molecule has 3 aromatic carbocycles. The summed E-state index contributed by atoms with van der Waals surface area (Å²) in [6, 6.07) is 11.0. The summed E-state index contributed by atoms with van der Waals surface area (Å²) >= 11 is 20.2. The molecule has 48 heavy (non-hydrogen) atoms. The van der Waals surface area contributed by atoms with E-state index in [9.17, 15) is 9.59 Å². The third kappa shape index (κ3) is 6.86. The number of esters is 1. The fourth-order valence-corrected chi connectivity index (χ4v) is 7.05. The first-order valence-electron chi connectivity index (χ1n) is 14.5. The Kier molecular flexibility index (Phi) is 10.9. The summed E-state index contributed by atoms with van der Waals surface area (Å²) in [5, 5.41) is 1.22. The van der Waals surface area contributed by atoms with Gasteiger partial charge in [-0.25, -0.2) is 9.79 Å². The lowest BCUT2D eigenvalue weighted by Gasteiger charge is -2.26. The van der Waals surface area contributed by atoms with Crippen molar-refractivity contribution < 1.29 is 33.2 Å². The number of allylic oxidation sites excluding steroid dienone is 1. The quantitative estimate of drug-likeness (QED) is 0.164. The first-order valence-corrected chi connectivity index (χ1v) is 16.4. The minimum absolute atomic E-state index is 0.118. The van der Waals surface area contributed by atoms with E-state index >= 15 is 0 Å². The molecule has 5 rings (SSSR count). The molecule has 0 saturated carbocycles. The monoisotopic (exact) mass is 732 g/mol. The van der Waals surface area contributed by atoms with Gasteiger partial charge in [-0.3, -0.25) is 9.36 Å². The summed E-state index contributed by atoms with van der Waals surface area (Å²) in [6.45, 7) is 3.67. The van der Waals surface area contributed by atoms with Gasteiger partial charge >= 0.3 is 5.97 Å². The van der Waals surface area contributed by atoms with Crippen molar-refractivity contribution in [3.63, 3.8) is 0 Å². The number of aromatic nitrogens is 1. The lowest BCUT2D eigenvalue weighted by atomic mass is 9.95. The Morgan fingerprint density at radius 2 is 1.58 bits per heavy atom. The molecule has 1 aromatic heterocycles. The lowest BCUT2D eigenvalue weighted by molar-refractivity contribution is -0.139. The highest BCUT2D eigenvalue weighted by atomic mass is 35.5. The number of nitrogens with zero attached hydrogens (tertiary/aromatic N) is 2. The highest BCUT2D eigenvalue weighted by Gasteiger charge is 2.34. The predicted molar refractivity (Wildman–Crippen MR) is 185 cm³/mol. The maximum Gasteiger partial charge on any atom is 0.338 e. The largest absolute Gasteiger partial charge is 0.493 e. The number of benzene rings is 3. The van der Waals surface area contributed by atoms with E-state index in [1.165, 1.54) is 33.0 Å². The van der Waals surface area contributed by atoms with Crippen molar-refractivity contribution in [2.75, 3.05) is 35.0 Å². The second kappa shape index (κ2) is 14.9. The molecule has 0 unspecified atom stereocenters. The van der Waals surface area contributed by atoms with Crippen molar-refractivity contribution in [2.45, 2.75) is 26.5 Å². The van der Waals surface area contributed by atoms with Crippen LogP contribution in [0.1, 0.15) is 36.6 Å². The SMILES string of the molecule is CCOC(=O)C1=C(C)N=c2s/c(=C\c3cc(Cl)c(OCc4ccc(Cl)cc4Cl)c(OC)c3)c(=O)n2[C@@H]1c1cc(OC)c(OC)c(OC)c1. The normalized spacial score (nSPS) is 14.3. The van der Waals surface area contributed by atoms with Crippen LogP contribution in [-0.2, 0) is 16.1 Å². The van der Waals surface area contributed by atoms with Gasteiger partial charge in [0.05, 0.1) is 61.9 Å². The maximum absolute atomic E-state index is 14.2. The van der Waals surface area contributed by atoms with E-state index in [4.69, 9.17) is 63.2 Å². The number of rotatable bonds is 11. The van der Waals surface area contributed by atoms with Crippen molar-refractivity contribution in [1.82, 2.24) is 4.57 Å². The fourth-order valence-electron chi connectivity index (χ4n) is 5.27. The number of hydrogen-bond donors (Lipinski definition) is 0. The number of thiazole rings is 1. The summed E-state index contributed by atoms with van der Waals surface area (Å²) in [5.74, 6) is 1.13. The Balaban J connectivity index is 1.62. The fraction of sp³-hybridized carbons (Fsp3) is 0.265.